The second kappa shape index (κ2) is 8.59. The average molecular weight is 439 g/mol. The third-order valence-electron chi connectivity index (χ3n) is 5.52. The fraction of sp³-hybridized carbons (Fsp3) is 0.632. The summed E-state index contributed by atoms with van der Waals surface area (Å²) in [7, 11) is 3.60. The number of nitrogens with zero attached hydrogens (tertiary/aromatic N) is 6. The van der Waals surface area contributed by atoms with Crippen LogP contribution in [0.3, 0.4) is 0 Å². The second-order valence-corrected chi connectivity index (χ2v) is 9.13. The molecule has 158 valence electrons. The molecule has 0 saturated carbocycles. The van der Waals surface area contributed by atoms with Gasteiger partial charge in [-0.1, -0.05) is 0 Å². The van der Waals surface area contributed by atoms with Crippen LogP contribution >= 0.6 is 22.9 Å². The number of carbonyl (C=O) groups is 1. The number of rotatable bonds is 3. The average Bonchev–Trinajstić information content (AvgIpc) is 3.03. The first-order valence-corrected chi connectivity index (χ1v) is 11.1. The molecule has 29 heavy (non-hydrogen) atoms. The van der Waals surface area contributed by atoms with E-state index < -0.39 is 0 Å². The quantitative estimate of drug-likeness (QED) is 0.685. The van der Waals surface area contributed by atoms with E-state index in [-0.39, 0.29) is 6.03 Å². The maximum absolute atomic E-state index is 12.1. The summed E-state index contributed by atoms with van der Waals surface area (Å²) in [6.45, 7) is 9.27. The summed E-state index contributed by atoms with van der Waals surface area (Å²) in [5.74, 6) is 0.920. The third-order valence-corrected chi connectivity index (χ3v) is 6.95. The molecular weight excluding hydrogens is 412 g/mol. The molecule has 0 aromatic carbocycles. The van der Waals surface area contributed by atoms with Crippen molar-refractivity contribution in [2.75, 3.05) is 71.5 Å². The maximum Gasteiger partial charge on any atom is 0.319 e. The number of urea groups is 1. The maximum atomic E-state index is 12.1. The van der Waals surface area contributed by atoms with Gasteiger partial charge in [0.1, 0.15) is 0 Å². The monoisotopic (exact) mass is 438 g/mol. The Morgan fingerprint density at radius 2 is 1.83 bits per heavy atom. The number of fused-ring (bicyclic) bond motifs is 1. The van der Waals surface area contributed by atoms with Crippen LogP contribution in [0.25, 0.3) is 10.2 Å². The summed E-state index contributed by atoms with van der Waals surface area (Å²) >= 11 is 8.02. The molecule has 0 N–H and O–H groups in total. The molecule has 2 aromatic heterocycles. The van der Waals surface area contributed by atoms with Crippen LogP contribution in [-0.2, 0) is 11.3 Å². The summed E-state index contributed by atoms with van der Waals surface area (Å²) in [5, 5.41) is 0.294. The molecule has 2 aliphatic heterocycles. The fourth-order valence-corrected chi connectivity index (χ4v) is 5.28. The number of hydrogen-bond acceptors (Lipinski definition) is 7. The summed E-state index contributed by atoms with van der Waals surface area (Å²) in [6, 6.07) is 0.0859. The van der Waals surface area contributed by atoms with Crippen LogP contribution in [-0.4, -0.2) is 97.3 Å². The topological polar surface area (TPSA) is 65.0 Å². The Bertz CT molecular complexity index is 890. The van der Waals surface area contributed by atoms with Crippen molar-refractivity contribution in [2.24, 2.45) is 0 Å². The molecule has 2 saturated heterocycles. The predicted octanol–water partition coefficient (Wildman–Crippen LogP) is 2.29. The molecule has 8 nitrogen and oxygen atoms in total. The van der Waals surface area contributed by atoms with Crippen molar-refractivity contribution >= 4 is 45.0 Å². The molecule has 0 bridgehead atoms. The van der Waals surface area contributed by atoms with Crippen molar-refractivity contribution in [2.45, 2.75) is 13.5 Å². The Morgan fingerprint density at radius 1 is 1.14 bits per heavy atom. The zero-order chi connectivity index (χ0) is 20.5. The van der Waals surface area contributed by atoms with Gasteiger partial charge in [-0.25, -0.2) is 9.78 Å². The van der Waals surface area contributed by atoms with E-state index in [1.54, 1.807) is 30.3 Å². The lowest BCUT2D eigenvalue weighted by Crippen LogP contribution is -2.51. The number of amides is 2. The predicted molar refractivity (Wildman–Crippen MR) is 116 cm³/mol. The number of hydrogen-bond donors (Lipinski definition) is 0. The van der Waals surface area contributed by atoms with Gasteiger partial charge in [0, 0.05) is 64.8 Å². The van der Waals surface area contributed by atoms with Gasteiger partial charge in [-0.3, -0.25) is 4.90 Å². The first-order chi connectivity index (χ1) is 13.9. The Kier molecular flexibility index (Phi) is 6.10. The van der Waals surface area contributed by atoms with Crippen LogP contribution in [0, 0.1) is 6.92 Å². The van der Waals surface area contributed by atoms with Crippen LogP contribution < -0.4 is 4.90 Å². The minimum absolute atomic E-state index is 0.0859. The minimum Gasteiger partial charge on any atom is -0.378 e. The highest BCUT2D eigenvalue weighted by Gasteiger charge is 2.25. The lowest BCUT2D eigenvalue weighted by atomic mass is 10.2. The van der Waals surface area contributed by atoms with Crippen molar-refractivity contribution in [1.82, 2.24) is 24.7 Å². The zero-order valence-corrected chi connectivity index (χ0v) is 18.7. The van der Waals surface area contributed by atoms with Gasteiger partial charge in [-0.15, -0.1) is 11.3 Å². The van der Waals surface area contributed by atoms with E-state index in [9.17, 15) is 4.79 Å². The normalized spacial score (nSPS) is 18.5. The number of carbonyl (C=O) groups excluding carboxylic acids is 1. The number of piperazine rings is 1. The third kappa shape index (κ3) is 4.28. The standard InChI is InChI=1S/C19H27ClN6O2S/c1-13-14(12-24-4-6-26(7-5-24)19(27)23(2)3)29-16-15(13)21-18(20)22-17(16)25-8-10-28-11-9-25/h4-12H2,1-3H3. The summed E-state index contributed by atoms with van der Waals surface area (Å²) in [5.41, 5.74) is 2.13. The van der Waals surface area contributed by atoms with Gasteiger partial charge < -0.3 is 19.4 Å². The first kappa shape index (κ1) is 20.6. The van der Waals surface area contributed by atoms with Crippen molar-refractivity contribution in [3.05, 3.63) is 15.7 Å². The highest BCUT2D eigenvalue weighted by molar-refractivity contribution is 7.19. The lowest BCUT2D eigenvalue weighted by Gasteiger charge is -2.35. The molecule has 0 atom stereocenters. The van der Waals surface area contributed by atoms with Gasteiger partial charge in [0.15, 0.2) is 5.82 Å². The van der Waals surface area contributed by atoms with Gasteiger partial charge in [-0.05, 0) is 24.1 Å². The van der Waals surface area contributed by atoms with Crippen molar-refractivity contribution in [1.29, 1.82) is 0 Å². The molecule has 2 fully saturated rings. The van der Waals surface area contributed by atoms with Crippen LogP contribution in [0.15, 0.2) is 0 Å². The summed E-state index contributed by atoms with van der Waals surface area (Å²) in [4.78, 5) is 30.7. The Labute approximate surface area is 180 Å². The van der Waals surface area contributed by atoms with Gasteiger partial charge in [0.2, 0.25) is 5.28 Å². The van der Waals surface area contributed by atoms with E-state index in [1.807, 2.05) is 4.90 Å². The molecule has 4 heterocycles. The fourth-order valence-electron chi connectivity index (χ4n) is 3.82. The summed E-state index contributed by atoms with van der Waals surface area (Å²) < 4.78 is 6.58. The molecule has 2 aromatic rings. The van der Waals surface area contributed by atoms with E-state index in [0.717, 1.165) is 61.8 Å². The van der Waals surface area contributed by atoms with E-state index in [0.29, 0.717) is 18.5 Å². The molecule has 2 amide bonds. The van der Waals surface area contributed by atoms with E-state index in [4.69, 9.17) is 16.3 Å². The van der Waals surface area contributed by atoms with Crippen molar-refractivity contribution in [3.63, 3.8) is 0 Å². The molecular formula is C19H27ClN6O2S. The molecule has 0 spiro atoms. The van der Waals surface area contributed by atoms with Crippen LogP contribution in [0.4, 0.5) is 10.6 Å². The highest BCUT2D eigenvalue weighted by Crippen LogP contribution is 2.37. The SMILES string of the molecule is Cc1c(CN2CCN(C(=O)N(C)C)CC2)sc2c(N3CCOCC3)nc(Cl)nc12. The molecule has 0 aliphatic carbocycles. The minimum atomic E-state index is 0.0859. The van der Waals surface area contributed by atoms with Gasteiger partial charge in [0.05, 0.1) is 23.4 Å². The Hall–Kier alpha value is -1.68. The van der Waals surface area contributed by atoms with E-state index in [1.165, 1.54) is 10.4 Å². The van der Waals surface area contributed by atoms with Crippen LogP contribution in [0.5, 0.6) is 0 Å². The lowest BCUT2D eigenvalue weighted by molar-refractivity contribution is 0.120. The number of halogens is 1. The van der Waals surface area contributed by atoms with Gasteiger partial charge >= 0.3 is 6.03 Å². The molecule has 4 rings (SSSR count). The molecule has 2 aliphatic rings. The molecule has 10 heteroatoms. The number of ether oxygens (including phenoxy) is 1. The molecule has 0 unspecified atom stereocenters. The van der Waals surface area contributed by atoms with E-state index >= 15 is 0 Å². The Morgan fingerprint density at radius 3 is 2.48 bits per heavy atom. The van der Waals surface area contributed by atoms with Gasteiger partial charge in [-0.2, -0.15) is 4.98 Å². The second-order valence-electron chi connectivity index (χ2n) is 7.68. The largest absolute Gasteiger partial charge is 0.378 e. The van der Waals surface area contributed by atoms with Crippen LogP contribution in [0.2, 0.25) is 5.28 Å². The zero-order valence-electron chi connectivity index (χ0n) is 17.1. The van der Waals surface area contributed by atoms with Crippen LogP contribution in [0.1, 0.15) is 10.4 Å². The van der Waals surface area contributed by atoms with Gasteiger partial charge in [0.25, 0.3) is 0 Å². The van der Waals surface area contributed by atoms with E-state index in [2.05, 4.69) is 26.7 Å². The number of anilines is 1. The first-order valence-electron chi connectivity index (χ1n) is 9.91. The number of thiophene rings is 1. The number of aromatic nitrogens is 2. The van der Waals surface area contributed by atoms with Crippen molar-refractivity contribution < 1.29 is 9.53 Å². The summed E-state index contributed by atoms with van der Waals surface area (Å²) in [6.07, 6.45) is 0. The smallest absolute Gasteiger partial charge is 0.319 e. The Balaban J connectivity index is 1.53. The highest BCUT2D eigenvalue weighted by atomic mass is 35.5. The number of aryl methyl sites for hydroxylation is 1. The number of morpholine rings is 1. The van der Waals surface area contributed by atoms with Crippen molar-refractivity contribution in [3.8, 4) is 0 Å². The molecule has 0 radical (unpaired) electrons.